The molecule has 1 aromatic rings. The Kier molecular flexibility index (Phi) is 4.77. The molecule has 0 aliphatic heterocycles. The van der Waals surface area contributed by atoms with Gasteiger partial charge < -0.3 is 14.9 Å². The molecule has 0 saturated heterocycles. The summed E-state index contributed by atoms with van der Waals surface area (Å²) in [6.07, 6.45) is 0.940. The Morgan fingerprint density at radius 2 is 1.88 bits per heavy atom. The highest BCUT2D eigenvalue weighted by Crippen LogP contribution is 2.26. The topological polar surface area (TPSA) is 49.7 Å². The Morgan fingerprint density at radius 1 is 1.19 bits per heavy atom. The normalized spacial score (nSPS) is 10.9. The molecule has 0 atom stereocenters. The van der Waals surface area contributed by atoms with Crippen molar-refractivity contribution in [2.24, 2.45) is 5.92 Å². The second-order valence-corrected chi connectivity index (χ2v) is 4.35. The molecule has 16 heavy (non-hydrogen) atoms. The van der Waals surface area contributed by atoms with Gasteiger partial charge in [-0.25, -0.2) is 0 Å². The average Bonchev–Trinajstić information content (AvgIpc) is 2.26. The zero-order valence-corrected chi connectivity index (χ0v) is 10.2. The first-order valence-electron chi connectivity index (χ1n) is 5.52. The number of aliphatic hydroxyl groups excluding tert-OH is 2. The van der Waals surface area contributed by atoms with Crippen LogP contribution in [0.3, 0.4) is 0 Å². The largest absolute Gasteiger partial charge is 0.496 e. The van der Waals surface area contributed by atoms with Crippen LogP contribution in [-0.2, 0) is 19.6 Å². The van der Waals surface area contributed by atoms with Crippen LogP contribution in [0, 0.1) is 5.92 Å². The van der Waals surface area contributed by atoms with E-state index in [0.717, 1.165) is 17.5 Å². The molecule has 90 valence electrons. The number of ether oxygens (including phenoxy) is 1. The lowest BCUT2D eigenvalue weighted by Gasteiger charge is -2.14. The van der Waals surface area contributed by atoms with Crippen LogP contribution in [0.25, 0.3) is 0 Å². The minimum atomic E-state index is -0.110. The number of aliphatic hydroxyl groups is 2. The summed E-state index contributed by atoms with van der Waals surface area (Å²) >= 11 is 0. The van der Waals surface area contributed by atoms with Crippen molar-refractivity contribution in [2.45, 2.75) is 33.5 Å². The SMILES string of the molecule is COc1cc(CC(C)C)cc(CO)c1CO. The zero-order chi connectivity index (χ0) is 12.1. The molecule has 0 radical (unpaired) electrons. The predicted octanol–water partition coefficient (Wildman–Crippen LogP) is 1.88. The second-order valence-electron chi connectivity index (χ2n) is 4.35. The first-order chi connectivity index (χ1) is 7.62. The van der Waals surface area contributed by atoms with Crippen molar-refractivity contribution in [3.63, 3.8) is 0 Å². The predicted molar refractivity (Wildman–Crippen MR) is 63.4 cm³/mol. The minimum absolute atomic E-state index is 0.0712. The van der Waals surface area contributed by atoms with Crippen LogP contribution in [0.1, 0.15) is 30.5 Å². The van der Waals surface area contributed by atoms with Crippen LogP contribution >= 0.6 is 0 Å². The van der Waals surface area contributed by atoms with E-state index in [1.807, 2.05) is 12.1 Å². The van der Waals surface area contributed by atoms with Crippen LogP contribution in [0.2, 0.25) is 0 Å². The van der Waals surface area contributed by atoms with Crippen LogP contribution in [0.4, 0.5) is 0 Å². The van der Waals surface area contributed by atoms with E-state index < -0.39 is 0 Å². The molecule has 3 nitrogen and oxygen atoms in total. The van der Waals surface area contributed by atoms with Gasteiger partial charge in [0.05, 0.1) is 20.3 Å². The molecular formula is C13H20O3. The Morgan fingerprint density at radius 3 is 2.31 bits per heavy atom. The maximum absolute atomic E-state index is 9.26. The quantitative estimate of drug-likeness (QED) is 0.803. The van der Waals surface area contributed by atoms with Gasteiger partial charge in [-0.1, -0.05) is 19.9 Å². The molecule has 3 heteroatoms. The Labute approximate surface area is 96.7 Å². The van der Waals surface area contributed by atoms with E-state index in [2.05, 4.69) is 13.8 Å². The molecule has 1 rings (SSSR count). The molecule has 0 saturated carbocycles. The molecule has 0 aromatic heterocycles. The highest BCUT2D eigenvalue weighted by molar-refractivity contribution is 5.43. The summed E-state index contributed by atoms with van der Waals surface area (Å²) in [6, 6.07) is 3.87. The van der Waals surface area contributed by atoms with Gasteiger partial charge in [-0.15, -0.1) is 0 Å². The Bertz CT molecular complexity index is 320. The fourth-order valence-electron chi connectivity index (χ4n) is 1.86. The van der Waals surface area contributed by atoms with Crippen molar-refractivity contribution in [1.82, 2.24) is 0 Å². The maximum Gasteiger partial charge on any atom is 0.125 e. The van der Waals surface area contributed by atoms with Crippen LogP contribution < -0.4 is 4.74 Å². The van der Waals surface area contributed by atoms with E-state index in [1.165, 1.54) is 0 Å². The van der Waals surface area contributed by atoms with E-state index in [9.17, 15) is 10.2 Å². The molecule has 0 aliphatic carbocycles. The third-order valence-electron chi connectivity index (χ3n) is 2.55. The fourth-order valence-corrected chi connectivity index (χ4v) is 1.86. The van der Waals surface area contributed by atoms with E-state index in [-0.39, 0.29) is 13.2 Å². The van der Waals surface area contributed by atoms with E-state index >= 15 is 0 Å². The summed E-state index contributed by atoms with van der Waals surface area (Å²) < 4.78 is 5.23. The third kappa shape index (κ3) is 2.97. The average molecular weight is 224 g/mol. The van der Waals surface area contributed by atoms with E-state index in [1.54, 1.807) is 7.11 Å². The van der Waals surface area contributed by atoms with Gasteiger partial charge in [-0.2, -0.15) is 0 Å². The lowest BCUT2D eigenvalue weighted by atomic mass is 9.97. The van der Waals surface area contributed by atoms with E-state index in [0.29, 0.717) is 17.2 Å². The summed E-state index contributed by atoms with van der Waals surface area (Å²) in [5, 5.41) is 18.5. The molecule has 0 aliphatic rings. The van der Waals surface area contributed by atoms with Gasteiger partial charge in [0.15, 0.2) is 0 Å². The van der Waals surface area contributed by atoms with Crippen molar-refractivity contribution in [1.29, 1.82) is 0 Å². The number of benzene rings is 1. The van der Waals surface area contributed by atoms with Gasteiger partial charge in [-0.3, -0.25) is 0 Å². The number of hydrogen-bond acceptors (Lipinski definition) is 3. The number of rotatable bonds is 5. The molecule has 0 fully saturated rings. The monoisotopic (exact) mass is 224 g/mol. The van der Waals surface area contributed by atoms with E-state index in [4.69, 9.17) is 4.74 Å². The van der Waals surface area contributed by atoms with Crippen molar-refractivity contribution in [3.05, 3.63) is 28.8 Å². The number of methoxy groups -OCH3 is 1. The third-order valence-corrected chi connectivity index (χ3v) is 2.55. The maximum atomic E-state index is 9.26. The molecular weight excluding hydrogens is 204 g/mol. The molecule has 0 amide bonds. The lowest BCUT2D eigenvalue weighted by molar-refractivity contribution is 0.253. The molecule has 0 unspecified atom stereocenters. The minimum Gasteiger partial charge on any atom is -0.496 e. The van der Waals surface area contributed by atoms with Crippen molar-refractivity contribution in [2.75, 3.05) is 7.11 Å². The Hall–Kier alpha value is -1.06. The smallest absolute Gasteiger partial charge is 0.125 e. The second kappa shape index (κ2) is 5.87. The summed E-state index contributed by atoms with van der Waals surface area (Å²) in [5.41, 5.74) is 2.56. The number of hydrogen-bond donors (Lipinski definition) is 2. The molecule has 1 aromatic carbocycles. The fraction of sp³-hybridized carbons (Fsp3) is 0.538. The summed E-state index contributed by atoms with van der Waals surface area (Å²) in [4.78, 5) is 0. The highest BCUT2D eigenvalue weighted by atomic mass is 16.5. The van der Waals surface area contributed by atoms with Gasteiger partial charge in [0, 0.05) is 5.56 Å². The van der Waals surface area contributed by atoms with Crippen LogP contribution in [0.5, 0.6) is 5.75 Å². The van der Waals surface area contributed by atoms with Gasteiger partial charge in [0.25, 0.3) is 0 Å². The summed E-state index contributed by atoms with van der Waals surface area (Å²) in [5.74, 6) is 1.21. The van der Waals surface area contributed by atoms with Crippen LogP contribution in [0.15, 0.2) is 12.1 Å². The molecule has 0 bridgehead atoms. The summed E-state index contributed by atoms with van der Waals surface area (Å²) in [7, 11) is 1.58. The Balaban J connectivity index is 3.15. The first-order valence-corrected chi connectivity index (χ1v) is 5.52. The zero-order valence-electron chi connectivity index (χ0n) is 10.2. The van der Waals surface area contributed by atoms with Crippen LogP contribution in [-0.4, -0.2) is 17.3 Å². The lowest BCUT2D eigenvalue weighted by Crippen LogP contribution is -2.02. The van der Waals surface area contributed by atoms with Gasteiger partial charge in [0.2, 0.25) is 0 Å². The van der Waals surface area contributed by atoms with Crippen molar-refractivity contribution < 1.29 is 14.9 Å². The summed E-state index contributed by atoms with van der Waals surface area (Å²) in [6.45, 7) is 4.11. The standard InChI is InChI=1S/C13H20O3/c1-9(2)4-10-5-11(7-14)12(8-15)13(6-10)16-3/h5-6,9,14-15H,4,7-8H2,1-3H3. The highest BCUT2D eigenvalue weighted by Gasteiger charge is 2.11. The van der Waals surface area contributed by atoms with Gasteiger partial charge >= 0.3 is 0 Å². The first kappa shape index (κ1) is 13.0. The van der Waals surface area contributed by atoms with Gasteiger partial charge in [-0.05, 0) is 29.5 Å². The van der Waals surface area contributed by atoms with Crippen molar-refractivity contribution in [3.8, 4) is 5.75 Å². The molecule has 2 N–H and O–H groups in total. The van der Waals surface area contributed by atoms with Crippen molar-refractivity contribution >= 4 is 0 Å². The molecule has 0 spiro atoms. The molecule has 0 heterocycles. The van der Waals surface area contributed by atoms with Gasteiger partial charge in [0.1, 0.15) is 5.75 Å².